The fourth-order valence-corrected chi connectivity index (χ4v) is 4.54. The molecule has 0 spiro atoms. The summed E-state index contributed by atoms with van der Waals surface area (Å²) in [6.45, 7) is 2.40. The van der Waals surface area contributed by atoms with Crippen molar-refractivity contribution in [3.8, 4) is 5.75 Å². The van der Waals surface area contributed by atoms with Crippen molar-refractivity contribution in [3.05, 3.63) is 83.4 Å². The first-order valence-corrected chi connectivity index (χ1v) is 12.7. The first-order valence-electron chi connectivity index (χ1n) is 10.5. The number of hydrogen-bond donors (Lipinski definition) is 3. The molecule has 0 saturated heterocycles. The first-order chi connectivity index (χ1) is 16.3. The molecule has 178 valence electrons. The maximum absolute atomic E-state index is 12.6. The summed E-state index contributed by atoms with van der Waals surface area (Å²) < 4.78 is 33.2. The van der Waals surface area contributed by atoms with Crippen molar-refractivity contribution in [2.75, 3.05) is 16.6 Å². The quantitative estimate of drug-likeness (QED) is 0.346. The lowest BCUT2D eigenvalue weighted by atomic mass is 10.1. The molecule has 0 aliphatic rings. The summed E-state index contributed by atoms with van der Waals surface area (Å²) >= 11 is 11.3. The van der Waals surface area contributed by atoms with Crippen molar-refractivity contribution in [3.63, 3.8) is 0 Å². The van der Waals surface area contributed by atoms with E-state index < -0.39 is 10.0 Å². The van der Waals surface area contributed by atoms with Crippen LogP contribution in [0, 0.1) is 0 Å². The minimum Gasteiger partial charge on any atom is -0.494 e. The largest absolute Gasteiger partial charge is 0.494 e. The Labute approximate surface area is 209 Å². The molecule has 3 aromatic carbocycles. The van der Waals surface area contributed by atoms with Gasteiger partial charge in [-0.2, -0.15) is 0 Å². The molecule has 3 rings (SSSR count). The van der Waals surface area contributed by atoms with Crippen LogP contribution in [0.3, 0.4) is 0 Å². The van der Waals surface area contributed by atoms with E-state index in [1.54, 1.807) is 42.5 Å². The average Bonchev–Trinajstić information content (AvgIpc) is 2.80. The lowest BCUT2D eigenvalue weighted by Gasteiger charge is -2.12. The summed E-state index contributed by atoms with van der Waals surface area (Å²) in [6.07, 6.45) is 0.710. The predicted octanol–water partition coefficient (Wildman–Crippen LogP) is 4.99. The molecule has 3 aromatic rings. The normalized spacial score (nSPS) is 10.9. The summed E-state index contributed by atoms with van der Waals surface area (Å²) in [4.78, 5) is 12.3. The zero-order valence-corrected chi connectivity index (χ0v) is 20.8. The lowest BCUT2D eigenvalue weighted by molar-refractivity contribution is -0.119. The van der Waals surface area contributed by atoms with E-state index >= 15 is 0 Å². The summed E-state index contributed by atoms with van der Waals surface area (Å²) in [7, 11) is -3.77. The first kappa shape index (κ1) is 25.5. The summed E-state index contributed by atoms with van der Waals surface area (Å²) in [6, 6.07) is 20.0. The Bertz CT molecular complexity index is 1250. The van der Waals surface area contributed by atoms with Crippen LogP contribution in [0.1, 0.15) is 18.9 Å². The fraction of sp³-hybridized carbons (Fsp3) is 0.167. The number of amides is 1. The maximum Gasteiger partial charge on any atom is 0.261 e. The number of sulfonamides is 1. The summed E-state index contributed by atoms with van der Waals surface area (Å²) in [5.74, 6) is 0.406. The maximum atomic E-state index is 12.6. The van der Waals surface area contributed by atoms with Gasteiger partial charge in [0.15, 0.2) is 5.11 Å². The van der Waals surface area contributed by atoms with Gasteiger partial charge in [-0.25, -0.2) is 8.42 Å². The van der Waals surface area contributed by atoms with Gasteiger partial charge in [-0.05, 0) is 85.7 Å². The van der Waals surface area contributed by atoms with Gasteiger partial charge in [0.25, 0.3) is 10.0 Å². The SMILES string of the molecule is CCOc1ccc(NS(=O)(=O)c2ccc(NC(=S)NC(=O)CCc3ccccc3Cl)cc2)cc1. The second-order valence-electron chi connectivity index (χ2n) is 7.18. The zero-order chi connectivity index (χ0) is 24.6. The van der Waals surface area contributed by atoms with Crippen molar-refractivity contribution < 1.29 is 17.9 Å². The molecular formula is C24H24ClN3O4S2. The zero-order valence-electron chi connectivity index (χ0n) is 18.4. The van der Waals surface area contributed by atoms with Crippen LogP contribution in [0.2, 0.25) is 5.02 Å². The van der Waals surface area contributed by atoms with Crippen molar-refractivity contribution in [1.29, 1.82) is 0 Å². The highest BCUT2D eigenvalue weighted by atomic mass is 35.5. The van der Waals surface area contributed by atoms with E-state index in [1.165, 1.54) is 12.1 Å². The monoisotopic (exact) mass is 517 g/mol. The van der Waals surface area contributed by atoms with Crippen LogP contribution in [0.25, 0.3) is 0 Å². The second kappa shape index (κ2) is 11.8. The van der Waals surface area contributed by atoms with Crippen LogP contribution in [-0.4, -0.2) is 26.0 Å². The van der Waals surface area contributed by atoms with E-state index in [9.17, 15) is 13.2 Å². The molecule has 3 N–H and O–H groups in total. The number of halogens is 1. The van der Waals surface area contributed by atoms with Gasteiger partial charge in [-0.3, -0.25) is 9.52 Å². The van der Waals surface area contributed by atoms with Crippen LogP contribution in [0.4, 0.5) is 11.4 Å². The van der Waals surface area contributed by atoms with Gasteiger partial charge in [0, 0.05) is 22.8 Å². The number of thiocarbonyl (C=S) groups is 1. The number of aryl methyl sites for hydroxylation is 1. The molecule has 0 radical (unpaired) electrons. The van der Waals surface area contributed by atoms with E-state index in [1.807, 2.05) is 25.1 Å². The molecule has 0 atom stereocenters. The Balaban J connectivity index is 1.52. The smallest absolute Gasteiger partial charge is 0.261 e. The highest BCUT2D eigenvalue weighted by Crippen LogP contribution is 2.21. The number of nitrogens with one attached hydrogen (secondary N) is 3. The molecule has 0 heterocycles. The third-order valence-electron chi connectivity index (χ3n) is 4.67. The molecule has 0 fully saturated rings. The predicted molar refractivity (Wildman–Crippen MR) is 139 cm³/mol. The van der Waals surface area contributed by atoms with Crippen LogP contribution in [0.15, 0.2) is 77.7 Å². The van der Waals surface area contributed by atoms with E-state index in [0.717, 1.165) is 5.56 Å². The van der Waals surface area contributed by atoms with E-state index in [2.05, 4.69) is 15.4 Å². The van der Waals surface area contributed by atoms with E-state index in [0.29, 0.717) is 35.2 Å². The lowest BCUT2D eigenvalue weighted by Crippen LogP contribution is -2.34. The third-order valence-corrected chi connectivity index (χ3v) is 6.64. The minimum atomic E-state index is -3.77. The van der Waals surface area contributed by atoms with Gasteiger partial charge in [-0.1, -0.05) is 29.8 Å². The van der Waals surface area contributed by atoms with Crippen molar-refractivity contribution in [2.24, 2.45) is 0 Å². The third kappa shape index (κ3) is 7.44. The molecule has 7 nitrogen and oxygen atoms in total. The Morgan fingerprint density at radius 3 is 2.26 bits per heavy atom. The van der Waals surface area contributed by atoms with Gasteiger partial charge in [-0.15, -0.1) is 0 Å². The Hall–Kier alpha value is -3.14. The van der Waals surface area contributed by atoms with Crippen LogP contribution in [-0.2, 0) is 21.2 Å². The molecule has 10 heteroatoms. The number of benzene rings is 3. The van der Waals surface area contributed by atoms with Crippen molar-refractivity contribution >= 4 is 56.2 Å². The fourth-order valence-electron chi connectivity index (χ4n) is 3.02. The van der Waals surface area contributed by atoms with Crippen LogP contribution < -0.4 is 20.1 Å². The van der Waals surface area contributed by atoms with Crippen molar-refractivity contribution in [2.45, 2.75) is 24.7 Å². The van der Waals surface area contributed by atoms with Crippen molar-refractivity contribution in [1.82, 2.24) is 5.32 Å². The highest BCUT2D eigenvalue weighted by Gasteiger charge is 2.14. The highest BCUT2D eigenvalue weighted by molar-refractivity contribution is 7.92. The molecule has 34 heavy (non-hydrogen) atoms. The second-order valence-corrected chi connectivity index (χ2v) is 9.68. The van der Waals surface area contributed by atoms with Gasteiger partial charge in [0.2, 0.25) is 5.91 Å². The van der Waals surface area contributed by atoms with Gasteiger partial charge >= 0.3 is 0 Å². The molecule has 1 amide bonds. The van der Waals surface area contributed by atoms with E-state index in [4.69, 9.17) is 28.6 Å². The molecule has 0 aliphatic heterocycles. The average molecular weight is 518 g/mol. The molecular weight excluding hydrogens is 494 g/mol. The molecule has 0 aliphatic carbocycles. The number of carbonyl (C=O) groups is 1. The number of rotatable bonds is 9. The Morgan fingerprint density at radius 2 is 1.62 bits per heavy atom. The van der Waals surface area contributed by atoms with Crippen LogP contribution in [0.5, 0.6) is 5.75 Å². The molecule has 0 unspecified atom stereocenters. The summed E-state index contributed by atoms with van der Waals surface area (Å²) in [5.41, 5.74) is 1.84. The Kier molecular flexibility index (Phi) is 8.86. The molecule has 0 saturated carbocycles. The number of hydrogen-bond acceptors (Lipinski definition) is 5. The van der Waals surface area contributed by atoms with Crippen LogP contribution >= 0.6 is 23.8 Å². The number of ether oxygens (including phenoxy) is 1. The number of carbonyl (C=O) groups excluding carboxylic acids is 1. The summed E-state index contributed by atoms with van der Waals surface area (Å²) in [5, 5.41) is 6.21. The Morgan fingerprint density at radius 1 is 0.971 bits per heavy atom. The molecule has 0 aromatic heterocycles. The van der Waals surface area contributed by atoms with Gasteiger partial charge in [0.1, 0.15) is 5.75 Å². The van der Waals surface area contributed by atoms with E-state index in [-0.39, 0.29) is 22.3 Å². The number of anilines is 2. The standard InChI is InChI=1S/C24H24ClN3O4S2/c1-2-32-20-12-8-19(9-13-20)28-34(30,31)21-14-10-18(11-15-21)26-24(33)27-23(29)16-7-17-5-3-4-6-22(17)25/h3-6,8-15,28H,2,7,16H2,1H3,(H2,26,27,29,33). The minimum absolute atomic E-state index is 0.0848. The van der Waals surface area contributed by atoms with Gasteiger partial charge < -0.3 is 15.4 Å². The van der Waals surface area contributed by atoms with Gasteiger partial charge in [0.05, 0.1) is 11.5 Å². The topological polar surface area (TPSA) is 96.5 Å². The molecule has 0 bridgehead atoms.